The predicted octanol–water partition coefficient (Wildman–Crippen LogP) is 7.52. The number of imidazole rings is 1. The van der Waals surface area contributed by atoms with Gasteiger partial charge in [-0.3, -0.25) is 4.98 Å². The molecule has 4 aromatic rings. The van der Waals surface area contributed by atoms with Crippen LogP contribution < -0.4 is 5.32 Å². The molecule has 3 heterocycles. The third-order valence-corrected chi connectivity index (χ3v) is 8.76. The van der Waals surface area contributed by atoms with Gasteiger partial charge in [0.2, 0.25) is 0 Å². The first-order valence-corrected chi connectivity index (χ1v) is 14.9. The molecular formula is C34H33ClN6O. The summed E-state index contributed by atoms with van der Waals surface area (Å²) in [5.74, 6) is 1.47. The number of urea groups is 1. The van der Waals surface area contributed by atoms with Crippen molar-refractivity contribution in [3.05, 3.63) is 112 Å². The van der Waals surface area contributed by atoms with Crippen LogP contribution in [-0.4, -0.2) is 38.6 Å². The fourth-order valence-corrected chi connectivity index (χ4v) is 6.51. The summed E-state index contributed by atoms with van der Waals surface area (Å²) in [6.45, 7) is 4.28. The number of nitrogens with one attached hydrogen (secondary N) is 1. The van der Waals surface area contributed by atoms with Crippen LogP contribution in [0.25, 0.3) is 11.6 Å². The largest absolute Gasteiger partial charge is 0.335 e. The number of likely N-dealkylation sites (tertiary alicyclic amines) is 1. The zero-order valence-corrected chi connectivity index (χ0v) is 24.4. The van der Waals surface area contributed by atoms with Crippen molar-refractivity contribution in [2.75, 3.05) is 18.4 Å². The number of benzene rings is 2. The summed E-state index contributed by atoms with van der Waals surface area (Å²) in [5.41, 5.74) is 7.26. The number of nitrogens with zero attached hydrogens (tertiary/aromatic N) is 5. The van der Waals surface area contributed by atoms with Gasteiger partial charge in [-0.2, -0.15) is 5.26 Å². The minimum Gasteiger partial charge on any atom is -0.335 e. The van der Waals surface area contributed by atoms with Crippen LogP contribution in [0.3, 0.4) is 0 Å². The fraction of sp³-hybridized carbons (Fsp3) is 0.294. The second-order valence-electron chi connectivity index (χ2n) is 11.1. The van der Waals surface area contributed by atoms with Gasteiger partial charge in [0, 0.05) is 54.9 Å². The van der Waals surface area contributed by atoms with Gasteiger partial charge in [-0.15, -0.1) is 0 Å². The minimum atomic E-state index is -0.109. The normalized spacial score (nSPS) is 16.5. The van der Waals surface area contributed by atoms with E-state index >= 15 is 0 Å². The van der Waals surface area contributed by atoms with E-state index in [4.69, 9.17) is 21.8 Å². The van der Waals surface area contributed by atoms with Gasteiger partial charge in [-0.05, 0) is 103 Å². The van der Waals surface area contributed by atoms with Gasteiger partial charge in [0.1, 0.15) is 5.82 Å². The minimum absolute atomic E-state index is 0.109. The number of carbonyl (C=O) groups is 1. The standard InChI is InChI=1S/C34H33ClN6O/c1-23-37-15-19-40(23)16-3-4-26-20-27-21-28(35)8-11-30(27)32(33-31(26)5-2-14-38-33)25-12-17-41(18-13-25)34(42)39-29-9-6-24(22-36)7-10-29/h2,5-11,14-15,19-21,25,32H,3-4,12-13,16-18H2,1H3,(H,39,42). The Morgan fingerprint density at radius 2 is 1.90 bits per heavy atom. The van der Waals surface area contributed by atoms with Crippen molar-refractivity contribution in [1.29, 1.82) is 5.26 Å². The van der Waals surface area contributed by atoms with E-state index in [0.29, 0.717) is 30.3 Å². The van der Waals surface area contributed by atoms with Crippen molar-refractivity contribution in [3.63, 3.8) is 0 Å². The Bertz CT molecular complexity index is 1660. The molecule has 7 nitrogen and oxygen atoms in total. The Balaban J connectivity index is 1.22. The lowest BCUT2D eigenvalue weighted by Gasteiger charge is -2.36. The van der Waals surface area contributed by atoms with E-state index in [1.807, 2.05) is 42.5 Å². The first kappa shape index (κ1) is 27.7. The average Bonchev–Trinajstić information content (AvgIpc) is 3.37. The molecule has 8 heteroatoms. The van der Waals surface area contributed by atoms with E-state index in [1.165, 1.54) is 16.7 Å². The fourth-order valence-electron chi connectivity index (χ4n) is 6.33. The molecule has 1 aliphatic carbocycles. The van der Waals surface area contributed by atoms with Crippen molar-refractivity contribution in [2.45, 2.75) is 45.1 Å². The van der Waals surface area contributed by atoms with Gasteiger partial charge in [0.05, 0.1) is 17.3 Å². The molecule has 0 saturated carbocycles. The highest BCUT2D eigenvalue weighted by Crippen LogP contribution is 2.45. The molecule has 2 aromatic carbocycles. The van der Waals surface area contributed by atoms with Gasteiger partial charge >= 0.3 is 6.03 Å². The molecule has 42 heavy (non-hydrogen) atoms. The van der Waals surface area contributed by atoms with Crippen LogP contribution in [0.2, 0.25) is 5.02 Å². The number of aryl methyl sites for hydroxylation is 2. The van der Waals surface area contributed by atoms with Crippen LogP contribution in [0, 0.1) is 24.2 Å². The molecule has 1 atom stereocenters. The summed E-state index contributed by atoms with van der Waals surface area (Å²) in [7, 11) is 0. The predicted molar refractivity (Wildman–Crippen MR) is 166 cm³/mol. The van der Waals surface area contributed by atoms with Crippen molar-refractivity contribution in [3.8, 4) is 6.07 Å². The van der Waals surface area contributed by atoms with Crippen molar-refractivity contribution < 1.29 is 4.79 Å². The quantitative estimate of drug-likeness (QED) is 0.257. The molecule has 0 radical (unpaired) electrons. The van der Waals surface area contributed by atoms with Crippen LogP contribution in [0.5, 0.6) is 0 Å². The molecule has 6 rings (SSSR count). The van der Waals surface area contributed by atoms with Gasteiger partial charge in [0.15, 0.2) is 0 Å². The maximum Gasteiger partial charge on any atom is 0.321 e. The number of fused-ring (bicyclic) bond motifs is 2. The lowest BCUT2D eigenvalue weighted by molar-refractivity contribution is 0.177. The van der Waals surface area contributed by atoms with Crippen LogP contribution >= 0.6 is 11.6 Å². The average molecular weight is 577 g/mol. The van der Waals surface area contributed by atoms with E-state index in [0.717, 1.165) is 54.3 Å². The number of allylic oxidation sites excluding steroid dienone is 1. The molecule has 0 spiro atoms. The first-order chi connectivity index (χ1) is 20.5. The number of rotatable bonds is 6. The molecule has 1 saturated heterocycles. The van der Waals surface area contributed by atoms with Crippen molar-refractivity contribution in [2.24, 2.45) is 5.92 Å². The number of anilines is 1. The zero-order chi connectivity index (χ0) is 29.1. The Morgan fingerprint density at radius 3 is 2.64 bits per heavy atom. The van der Waals surface area contributed by atoms with Gasteiger partial charge in [-0.1, -0.05) is 29.8 Å². The second kappa shape index (κ2) is 12.2. The van der Waals surface area contributed by atoms with E-state index < -0.39 is 0 Å². The molecular weight excluding hydrogens is 544 g/mol. The Labute approximate surface area is 251 Å². The van der Waals surface area contributed by atoms with Crippen molar-refractivity contribution >= 4 is 35.0 Å². The molecule has 1 unspecified atom stereocenters. The molecule has 0 bridgehead atoms. The highest BCUT2D eigenvalue weighted by molar-refractivity contribution is 6.30. The molecule has 1 aliphatic heterocycles. The smallest absolute Gasteiger partial charge is 0.321 e. The summed E-state index contributed by atoms with van der Waals surface area (Å²) in [4.78, 5) is 24.3. The SMILES string of the molecule is Cc1nccn1CCCC1=Cc2cc(Cl)ccc2C(C2CCN(C(=O)Nc3ccc(C#N)cc3)CC2)c2ncccc21. The molecule has 1 N–H and O–H groups in total. The molecule has 2 aliphatic rings. The van der Waals surface area contributed by atoms with Gasteiger partial charge < -0.3 is 14.8 Å². The molecule has 212 valence electrons. The van der Waals surface area contributed by atoms with Crippen molar-refractivity contribution in [1.82, 2.24) is 19.4 Å². The number of halogens is 1. The Kier molecular flexibility index (Phi) is 8.07. The number of hydrogen-bond donors (Lipinski definition) is 1. The number of amides is 2. The second-order valence-corrected chi connectivity index (χ2v) is 11.5. The lowest BCUT2D eigenvalue weighted by atomic mass is 9.76. The van der Waals surface area contributed by atoms with E-state index in [1.54, 1.807) is 24.3 Å². The third kappa shape index (κ3) is 5.81. The van der Waals surface area contributed by atoms with Gasteiger partial charge in [0.25, 0.3) is 0 Å². The van der Waals surface area contributed by atoms with Crippen LogP contribution in [0.1, 0.15) is 65.4 Å². The summed E-state index contributed by atoms with van der Waals surface area (Å²) in [5, 5.41) is 12.7. The zero-order valence-electron chi connectivity index (χ0n) is 23.6. The topological polar surface area (TPSA) is 86.8 Å². The van der Waals surface area contributed by atoms with E-state index in [-0.39, 0.29) is 11.9 Å². The highest BCUT2D eigenvalue weighted by Gasteiger charge is 2.35. The number of pyridine rings is 1. The monoisotopic (exact) mass is 576 g/mol. The molecule has 1 fully saturated rings. The van der Waals surface area contributed by atoms with Gasteiger partial charge in [-0.25, -0.2) is 9.78 Å². The van der Waals surface area contributed by atoms with Crippen LogP contribution in [-0.2, 0) is 6.54 Å². The number of hydrogen-bond acceptors (Lipinski definition) is 4. The third-order valence-electron chi connectivity index (χ3n) is 8.52. The maximum atomic E-state index is 13.1. The molecule has 2 amide bonds. The van der Waals surface area contributed by atoms with E-state index in [9.17, 15) is 4.79 Å². The summed E-state index contributed by atoms with van der Waals surface area (Å²) in [6.07, 6.45) is 11.8. The highest BCUT2D eigenvalue weighted by atomic mass is 35.5. The number of piperidine rings is 1. The summed E-state index contributed by atoms with van der Waals surface area (Å²) < 4.78 is 2.19. The number of nitriles is 1. The molecule has 2 aromatic heterocycles. The van der Waals surface area contributed by atoms with E-state index in [2.05, 4.69) is 45.2 Å². The van der Waals surface area contributed by atoms with Crippen LogP contribution in [0.15, 0.2) is 73.2 Å². The summed E-state index contributed by atoms with van der Waals surface area (Å²) in [6, 6.07) is 19.4. The Hall–Kier alpha value is -4.41. The lowest BCUT2D eigenvalue weighted by Crippen LogP contribution is -2.42. The number of carbonyl (C=O) groups excluding carboxylic acids is 1. The van der Waals surface area contributed by atoms with Crippen LogP contribution in [0.4, 0.5) is 10.5 Å². The first-order valence-electron chi connectivity index (χ1n) is 14.5. The summed E-state index contributed by atoms with van der Waals surface area (Å²) >= 11 is 6.53. The number of aromatic nitrogens is 3. The Morgan fingerprint density at radius 1 is 1.10 bits per heavy atom. The maximum absolute atomic E-state index is 13.1.